The van der Waals surface area contributed by atoms with Gasteiger partial charge >= 0.3 is 0 Å². The molecule has 0 N–H and O–H groups in total. The normalized spacial score (nSPS) is 18.2. The Balaban J connectivity index is 1.27. The Morgan fingerprint density at radius 1 is 0.788 bits per heavy atom. The summed E-state index contributed by atoms with van der Waals surface area (Å²) < 4.78 is 40.5. The molecule has 2 saturated heterocycles. The maximum atomic E-state index is 13.1. The first kappa shape index (κ1) is 23.7. The zero-order chi connectivity index (χ0) is 23.3. The predicted molar refractivity (Wildman–Crippen MR) is 127 cm³/mol. The highest BCUT2D eigenvalue weighted by Crippen LogP contribution is 2.21. The Hall–Kier alpha value is -2.45. The number of sulfonamides is 1. The summed E-state index contributed by atoms with van der Waals surface area (Å²) in [7, 11) is -3.45. The van der Waals surface area contributed by atoms with Crippen LogP contribution in [0.3, 0.4) is 0 Å². The van der Waals surface area contributed by atoms with E-state index < -0.39 is 10.0 Å². The summed E-state index contributed by atoms with van der Waals surface area (Å²) in [5, 5.41) is 0. The number of anilines is 1. The second-order valence-electron chi connectivity index (χ2n) is 8.81. The third kappa shape index (κ3) is 5.92. The molecule has 8 heteroatoms. The van der Waals surface area contributed by atoms with Crippen LogP contribution in [0.25, 0.3) is 0 Å². The molecular weight excluding hydrogens is 441 g/mol. The molecule has 0 saturated carbocycles. The first-order chi connectivity index (χ1) is 15.9. The highest BCUT2D eigenvalue weighted by atomic mass is 32.2. The summed E-state index contributed by atoms with van der Waals surface area (Å²) in [4.78, 5) is 17.0. The van der Waals surface area contributed by atoms with Gasteiger partial charge in [-0.05, 0) is 61.2 Å². The van der Waals surface area contributed by atoms with Crippen molar-refractivity contribution in [3.05, 3.63) is 59.9 Å². The van der Waals surface area contributed by atoms with Crippen LogP contribution in [0, 0.1) is 5.82 Å². The molecule has 0 aromatic heterocycles. The lowest BCUT2D eigenvalue weighted by molar-refractivity contribution is -0.131. The van der Waals surface area contributed by atoms with E-state index in [9.17, 15) is 17.6 Å². The second-order valence-corrected chi connectivity index (χ2v) is 10.7. The minimum Gasteiger partial charge on any atom is -0.368 e. The van der Waals surface area contributed by atoms with E-state index in [-0.39, 0.29) is 11.7 Å². The van der Waals surface area contributed by atoms with E-state index >= 15 is 0 Å². The van der Waals surface area contributed by atoms with E-state index in [0.717, 1.165) is 50.0 Å². The number of hydrogen-bond donors (Lipinski definition) is 0. The quantitative estimate of drug-likeness (QED) is 0.642. The van der Waals surface area contributed by atoms with Crippen LogP contribution in [0.2, 0.25) is 0 Å². The van der Waals surface area contributed by atoms with Crippen molar-refractivity contribution in [2.45, 2.75) is 43.4 Å². The Morgan fingerprint density at radius 2 is 1.39 bits per heavy atom. The molecule has 178 valence electrons. The molecular formula is C25H32FN3O3S. The summed E-state index contributed by atoms with van der Waals surface area (Å²) >= 11 is 0. The largest absolute Gasteiger partial charge is 0.368 e. The van der Waals surface area contributed by atoms with Gasteiger partial charge in [-0.2, -0.15) is 4.31 Å². The lowest BCUT2D eigenvalue weighted by atomic mass is 10.1. The smallest absolute Gasteiger partial charge is 0.243 e. The summed E-state index contributed by atoms with van der Waals surface area (Å²) in [6, 6.07) is 13.4. The number of piperazine rings is 1. The molecule has 4 rings (SSSR count). The average molecular weight is 474 g/mol. The number of amides is 1. The first-order valence-electron chi connectivity index (χ1n) is 11.8. The molecule has 0 aliphatic carbocycles. The minimum atomic E-state index is -3.45. The predicted octanol–water partition coefficient (Wildman–Crippen LogP) is 3.67. The molecule has 0 spiro atoms. The van der Waals surface area contributed by atoms with Gasteiger partial charge in [-0.15, -0.1) is 0 Å². The second kappa shape index (κ2) is 10.7. The molecule has 0 unspecified atom stereocenters. The van der Waals surface area contributed by atoms with Gasteiger partial charge < -0.3 is 9.80 Å². The van der Waals surface area contributed by atoms with Gasteiger partial charge in [0.2, 0.25) is 15.9 Å². The molecule has 2 fully saturated rings. The molecule has 2 aromatic carbocycles. The summed E-state index contributed by atoms with van der Waals surface area (Å²) in [6.45, 7) is 3.91. The van der Waals surface area contributed by atoms with Crippen LogP contribution in [0.5, 0.6) is 0 Å². The van der Waals surface area contributed by atoms with Gasteiger partial charge in [0.15, 0.2) is 0 Å². The standard InChI is InChI=1S/C25H32FN3O3S/c26-22-8-10-23(11-9-22)27-17-19-28(20-18-27)25(30)14-7-21-5-12-24(13-6-21)33(31,32)29-15-3-1-2-4-16-29/h5-6,8-13H,1-4,7,14-20H2. The number of aryl methyl sites for hydroxylation is 1. The van der Waals surface area contributed by atoms with Gasteiger partial charge in [0.1, 0.15) is 5.82 Å². The van der Waals surface area contributed by atoms with Gasteiger partial charge in [-0.3, -0.25) is 4.79 Å². The number of benzene rings is 2. The van der Waals surface area contributed by atoms with Crippen molar-refractivity contribution in [1.82, 2.24) is 9.21 Å². The van der Waals surface area contributed by atoms with E-state index in [4.69, 9.17) is 0 Å². The Morgan fingerprint density at radius 3 is 2.00 bits per heavy atom. The van der Waals surface area contributed by atoms with E-state index in [1.807, 2.05) is 17.0 Å². The summed E-state index contributed by atoms with van der Waals surface area (Å²) in [5.41, 5.74) is 1.93. The van der Waals surface area contributed by atoms with Crippen LogP contribution >= 0.6 is 0 Å². The minimum absolute atomic E-state index is 0.107. The highest BCUT2D eigenvalue weighted by Gasteiger charge is 2.25. The molecule has 2 aliphatic heterocycles. The molecule has 0 radical (unpaired) electrons. The lowest BCUT2D eigenvalue weighted by Crippen LogP contribution is -2.48. The average Bonchev–Trinajstić information content (AvgIpc) is 3.14. The van der Waals surface area contributed by atoms with Crippen molar-refractivity contribution in [1.29, 1.82) is 0 Å². The van der Waals surface area contributed by atoms with Gasteiger partial charge in [0.05, 0.1) is 4.90 Å². The zero-order valence-electron chi connectivity index (χ0n) is 19.0. The molecule has 2 heterocycles. The Kier molecular flexibility index (Phi) is 7.65. The number of carbonyl (C=O) groups is 1. The van der Waals surface area contributed by atoms with Crippen LogP contribution < -0.4 is 4.90 Å². The SMILES string of the molecule is O=C(CCc1ccc(S(=O)(=O)N2CCCCCC2)cc1)N1CCN(c2ccc(F)cc2)CC1. The van der Waals surface area contributed by atoms with E-state index in [1.54, 1.807) is 28.6 Å². The highest BCUT2D eigenvalue weighted by molar-refractivity contribution is 7.89. The number of hydrogen-bond acceptors (Lipinski definition) is 4. The lowest BCUT2D eigenvalue weighted by Gasteiger charge is -2.36. The monoisotopic (exact) mass is 473 g/mol. The number of nitrogens with zero attached hydrogens (tertiary/aromatic N) is 3. The van der Waals surface area contributed by atoms with Crippen molar-refractivity contribution in [2.24, 2.45) is 0 Å². The molecule has 1 amide bonds. The fraction of sp³-hybridized carbons (Fsp3) is 0.480. The number of halogens is 1. The number of rotatable bonds is 6. The van der Waals surface area contributed by atoms with Crippen molar-refractivity contribution in [3.63, 3.8) is 0 Å². The molecule has 2 aromatic rings. The summed E-state index contributed by atoms with van der Waals surface area (Å²) in [6.07, 6.45) is 4.98. The summed E-state index contributed by atoms with van der Waals surface area (Å²) in [5.74, 6) is -0.143. The van der Waals surface area contributed by atoms with Crippen molar-refractivity contribution in [3.8, 4) is 0 Å². The molecule has 2 aliphatic rings. The van der Waals surface area contributed by atoms with E-state index in [2.05, 4.69) is 4.90 Å². The van der Waals surface area contributed by atoms with Crippen LogP contribution in [-0.4, -0.2) is 62.8 Å². The molecule has 0 atom stereocenters. The number of carbonyl (C=O) groups excluding carboxylic acids is 1. The van der Waals surface area contributed by atoms with Crippen LogP contribution in [0.15, 0.2) is 53.4 Å². The maximum Gasteiger partial charge on any atom is 0.243 e. The first-order valence-corrected chi connectivity index (χ1v) is 13.2. The van der Waals surface area contributed by atoms with Crippen LogP contribution in [-0.2, 0) is 21.2 Å². The van der Waals surface area contributed by atoms with Crippen LogP contribution in [0.1, 0.15) is 37.7 Å². The van der Waals surface area contributed by atoms with Gasteiger partial charge in [-0.25, -0.2) is 12.8 Å². The van der Waals surface area contributed by atoms with Gasteiger partial charge in [0, 0.05) is 51.4 Å². The van der Waals surface area contributed by atoms with E-state index in [0.29, 0.717) is 43.9 Å². The molecule has 33 heavy (non-hydrogen) atoms. The molecule has 6 nitrogen and oxygen atoms in total. The topological polar surface area (TPSA) is 60.9 Å². The fourth-order valence-electron chi connectivity index (χ4n) is 4.53. The van der Waals surface area contributed by atoms with Gasteiger partial charge in [0.25, 0.3) is 0 Å². The van der Waals surface area contributed by atoms with E-state index in [1.165, 1.54) is 12.1 Å². The fourth-order valence-corrected chi connectivity index (χ4v) is 6.05. The maximum absolute atomic E-state index is 13.1. The third-order valence-corrected chi connectivity index (χ3v) is 8.49. The van der Waals surface area contributed by atoms with Crippen molar-refractivity contribution >= 4 is 21.6 Å². The third-order valence-electron chi connectivity index (χ3n) is 6.58. The van der Waals surface area contributed by atoms with Crippen LogP contribution in [0.4, 0.5) is 10.1 Å². The van der Waals surface area contributed by atoms with Crippen molar-refractivity contribution in [2.75, 3.05) is 44.2 Å². The zero-order valence-corrected chi connectivity index (χ0v) is 19.8. The van der Waals surface area contributed by atoms with Gasteiger partial charge in [-0.1, -0.05) is 25.0 Å². The van der Waals surface area contributed by atoms with Crippen molar-refractivity contribution < 1.29 is 17.6 Å². The Bertz CT molecular complexity index is 1030. The molecule has 0 bridgehead atoms. The Labute approximate surface area is 196 Å².